The zero-order valence-corrected chi connectivity index (χ0v) is 13.1. The van der Waals surface area contributed by atoms with E-state index in [2.05, 4.69) is 103 Å². The van der Waals surface area contributed by atoms with Gasteiger partial charge in [-0.25, -0.2) is 0 Å². The van der Waals surface area contributed by atoms with E-state index in [-0.39, 0.29) is 5.92 Å². The highest BCUT2D eigenvalue weighted by Gasteiger charge is 2.09. The molecule has 1 heteroatoms. The lowest BCUT2D eigenvalue weighted by Gasteiger charge is -2.14. The Morgan fingerprint density at radius 3 is 1.65 bits per heavy atom. The van der Waals surface area contributed by atoms with Crippen molar-refractivity contribution in [3.63, 3.8) is 0 Å². The summed E-state index contributed by atoms with van der Waals surface area (Å²) < 4.78 is 0. The SMILES string of the molecule is C(=CC(c1ccccc1)c1ccccc1)NCc1ccccc1. The van der Waals surface area contributed by atoms with E-state index in [4.69, 9.17) is 0 Å². The molecule has 0 heterocycles. The van der Waals surface area contributed by atoms with E-state index in [1.165, 1.54) is 16.7 Å². The topological polar surface area (TPSA) is 12.0 Å². The Hall–Kier alpha value is -2.80. The lowest BCUT2D eigenvalue weighted by Crippen LogP contribution is -2.06. The van der Waals surface area contributed by atoms with Gasteiger partial charge in [-0.1, -0.05) is 97.1 Å². The summed E-state index contributed by atoms with van der Waals surface area (Å²) in [5.74, 6) is 0.265. The van der Waals surface area contributed by atoms with Crippen LogP contribution in [-0.2, 0) is 6.54 Å². The van der Waals surface area contributed by atoms with Crippen LogP contribution in [-0.4, -0.2) is 0 Å². The van der Waals surface area contributed by atoms with Crippen molar-refractivity contribution in [3.05, 3.63) is 120 Å². The van der Waals surface area contributed by atoms with Gasteiger partial charge < -0.3 is 5.32 Å². The molecule has 0 spiro atoms. The zero-order chi connectivity index (χ0) is 15.7. The molecular weight excluding hydrogens is 278 g/mol. The van der Waals surface area contributed by atoms with E-state index in [9.17, 15) is 0 Å². The Kier molecular flexibility index (Phi) is 5.25. The third kappa shape index (κ3) is 4.33. The van der Waals surface area contributed by atoms with Crippen LogP contribution in [0.5, 0.6) is 0 Å². The van der Waals surface area contributed by atoms with E-state index in [0.717, 1.165) is 6.54 Å². The quantitative estimate of drug-likeness (QED) is 0.666. The highest BCUT2D eigenvalue weighted by atomic mass is 14.8. The molecule has 3 rings (SSSR count). The summed E-state index contributed by atoms with van der Waals surface area (Å²) in [5, 5.41) is 3.39. The largest absolute Gasteiger partial charge is 0.387 e. The maximum Gasteiger partial charge on any atom is 0.0395 e. The van der Waals surface area contributed by atoms with Crippen LogP contribution in [0.4, 0.5) is 0 Å². The average Bonchev–Trinajstić information content (AvgIpc) is 2.64. The van der Waals surface area contributed by atoms with Crippen molar-refractivity contribution in [1.82, 2.24) is 5.32 Å². The first-order valence-corrected chi connectivity index (χ1v) is 7.97. The van der Waals surface area contributed by atoms with Crippen molar-refractivity contribution in [3.8, 4) is 0 Å². The summed E-state index contributed by atoms with van der Waals surface area (Å²) >= 11 is 0. The van der Waals surface area contributed by atoms with Crippen molar-refractivity contribution < 1.29 is 0 Å². The number of nitrogens with one attached hydrogen (secondary N) is 1. The standard InChI is InChI=1S/C22H21N/c1-4-10-19(11-5-1)18-23-17-16-22(20-12-6-2-7-13-20)21-14-8-3-9-15-21/h1-17,22-23H,18H2. The van der Waals surface area contributed by atoms with Crippen molar-refractivity contribution in [2.75, 3.05) is 0 Å². The fraction of sp³-hybridized carbons (Fsp3) is 0.0909. The van der Waals surface area contributed by atoms with Gasteiger partial charge in [-0.05, 0) is 22.9 Å². The number of hydrogen-bond donors (Lipinski definition) is 1. The highest BCUT2D eigenvalue weighted by Crippen LogP contribution is 2.25. The number of benzene rings is 3. The number of rotatable bonds is 6. The molecule has 0 unspecified atom stereocenters. The van der Waals surface area contributed by atoms with Gasteiger partial charge in [0.05, 0.1) is 0 Å². The van der Waals surface area contributed by atoms with Crippen LogP contribution in [0.3, 0.4) is 0 Å². The van der Waals surface area contributed by atoms with Gasteiger partial charge in [-0.3, -0.25) is 0 Å². The minimum atomic E-state index is 0.265. The maximum absolute atomic E-state index is 3.39. The zero-order valence-electron chi connectivity index (χ0n) is 13.1. The van der Waals surface area contributed by atoms with Crippen molar-refractivity contribution in [2.24, 2.45) is 0 Å². The van der Waals surface area contributed by atoms with Crippen LogP contribution in [0.2, 0.25) is 0 Å². The monoisotopic (exact) mass is 299 g/mol. The summed E-state index contributed by atoms with van der Waals surface area (Å²) in [4.78, 5) is 0. The molecule has 114 valence electrons. The van der Waals surface area contributed by atoms with Gasteiger partial charge in [0.2, 0.25) is 0 Å². The fourth-order valence-electron chi connectivity index (χ4n) is 2.67. The highest BCUT2D eigenvalue weighted by molar-refractivity contribution is 5.36. The van der Waals surface area contributed by atoms with Gasteiger partial charge in [-0.15, -0.1) is 0 Å². The van der Waals surface area contributed by atoms with E-state index in [0.29, 0.717) is 0 Å². The lowest BCUT2D eigenvalue weighted by molar-refractivity contribution is 0.857. The lowest BCUT2D eigenvalue weighted by atomic mass is 9.91. The van der Waals surface area contributed by atoms with E-state index in [1.54, 1.807) is 0 Å². The molecule has 0 radical (unpaired) electrons. The molecule has 0 aliphatic heterocycles. The molecule has 0 bridgehead atoms. The minimum Gasteiger partial charge on any atom is -0.387 e. The van der Waals surface area contributed by atoms with E-state index < -0.39 is 0 Å². The maximum atomic E-state index is 3.39. The predicted molar refractivity (Wildman–Crippen MR) is 97.1 cm³/mol. The van der Waals surface area contributed by atoms with Gasteiger partial charge >= 0.3 is 0 Å². The summed E-state index contributed by atoms with van der Waals surface area (Å²) in [7, 11) is 0. The third-order valence-corrected chi connectivity index (χ3v) is 3.87. The molecule has 0 aliphatic rings. The minimum absolute atomic E-state index is 0.265. The van der Waals surface area contributed by atoms with E-state index >= 15 is 0 Å². The molecule has 0 amide bonds. The molecule has 1 nitrogen and oxygen atoms in total. The number of hydrogen-bond acceptors (Lipinski definition) is 1. The van der Waals surface area contributed by atoms with Crippen molar-refractivity contribution in [2.45, 2.75) is 12.5 Å². The van der Waals surface area contributed by atoms with E-state index in [1.807, 2.05) is 6.07 Å². The van der Waals surface area contributed by atoms with Gasteiger partial charge in [0.1, 0.15) is 0 Å². The Morgan fingerprint density at radius 1 is 0.652 bits per heavy atom. The second-order valence-electron chi connectivity index (χ2n) is 5.52. The fourth-order valence-corrected chi connectivity index (χ4v) is 2.67. The molecule has 0 aromatic heterocycles. The molecule has 0 fully saturated rings. The van der Waals surface area contributed by atoms with Crippen LogP contribution >= 0.6 is 0 Å². The van der Waals surface area contributed by atoms with Crippen molar-refractivity contribution >= 4 is 0 Å². The molecule has 1 N–H and O–H groups in total. The first kappa shape index (κ1) is 15.1. The number of allylic oxidation sites excluding steroid dienone is 1. The molecule has 0 atom stereocenters. The first-order chi connectivity index (χ1) is 11.4. The van der Waals surface area contributed by atoms with Gasteiger partial charge in [0.15, 0.2) is 0 Å². The second-order valence-corrected chi connectivity index (χ2v) is 5.52. The Labute approximate surface area is 138 Å². The molecule has 3 aromatic carbocycles. The van der Waals surface area contributed by atoms with Crippen molar-refractivity contribution in [1.29, 1.82) is 0 Å². The summed E-state index contributed by atoms with van der Waals surface area (Å²) in [6.07, 6.45) is 4.30. The average molecular weight is 299 g/mol. The molecule has 0 saturated carbocycles. The molecular formula is C22H21N. The van der Waals surface area contributed by atoms with Gasteiger partial charge in [0, 0.05) is 12.5 Å². The van der Waals surface area contributed by atoms with Crippen LogP contribution in [0.1, 0.15) is 22.6 Å². The normalized spacial score (nSPS) is 11.0. The second kappa shape index (κ2) is 8.00. The summed E-state index contributed by atoms with van der Waals surface area (Å²) in [5.41, 5.74) is 3.89. The van der Waals surface area contributed by atoms with Crippen LogP contribution < -0.4 is 5.32 Å². The van der Waals surface area contributed by atoms with Gasteiger partial charge in [0.25, 0.3) is 0 Å². The van der Waals surface area contributed by atoms with Crippen LogP contribution in [0.15, 0.2) is 103 Å². The molecule has 23 heavy (non-hydrogen) atoms. The summed E-state index contributed by atoms with van der Waals surface area (Å²) in [6, 6.07) is 31.7. The Morgan fingerprint density at radius 2 is 1.13 bits per heavy atom. The Balaban J connectivity index is 1.73. The smallest absolute Gasteiger partial charge is 0.0395 e. The molecule has 0 saturated heterocycles. The molecule has 3 aromatic rings. The van der Waals surface area contributed by atoms with Crippen LogP contribution in [0.25, 0.3) is 0 Å². The third-order valence-electron chi connectivity index (χ3n) is 3.87. The summed E-state index contributed by atoms with van der Waals surface area (Å²) in [6.45, 7) is 0.841. The van der Waals surface area contributed by atoms with Gasteiger partial charge in [-0.2, -0.15) is 0 Å². The van der Waals surface area contributed by atoms with Crippen LogP contribution in [0, 0.1) is 0 Å². The Bertz CT molecular complexity index is 678. The predicted octanol–water partition coefficient (Wildman–Crippen LogP) is 5.12. The molecule has 0 aliphatic carbocycles. The first-order valence-electron chi connectivity index (χ1n) is 7.97.